The zero-order valence-electron chi connectivity index (χ0n) is 11.3. The van der Waals surface area contributed by atoms with E-state index >= 15 is 0 Å². The number of aromatic nitrogens is 2. The van der Waals surface area contributed by atoms with Crippen molar-refractivity contribution < 1.29 is 5.11 Å². The maximum Gasteiger partial charge on any atom is 0.104 e. The van der Waals surface area contributed by atoms with E-state index in [2.05, 4.69) is 12.0 Å². The molecule has 1 heterocycles. The van der Waals surface area contributed by atoms with E-state index < -0.39 is 6.10 Å². The van der Waals surface area contributed by atoms with Crippen molar-refractivity contribution in [2.45, 2.75) is 38.8 Å². The molecule has 0 spiro atoms. The van der Waals surface area contributed by atoms with Crippen molar-refractivity contribution in [3.05, 3.63) is 52.8 Å². The summed E-state index contributed by atoms with van der Waals surface area (Å²) < 4.78 is 1.76. The lowest BCUT2D eigenvalue weighted by Gasteiger charge is -2.23. The van der Waals surface area contributed by atoms with Crippen molar-refractivity contribution in [2.24, 2.45) is 0 Å². The lowest BCUT2D eigenvalue weighted by molar-refractivity contribution is 0.132. The summed E-state index contributed by atoms with van der Waals surface area (Å²) in [4.78, 5) is 0. The molecule has 0 radical (unpaired) electrons. The van der Waals surface area contributed by atoms with Gasteiger partial charge in [0.05, 0.1) is 16.9 Å². The van der Waals surface area contributed by atoms with Crippen molar-refractivity contribution in [3.63, 3.8) is 0 Å². The van der Waals surface area contributed by atoms with Gasteiger partial charge in [-0.1, -0.05) is 48.9 Å². The van der Waals surface area contributed by atoms with Gasteiger partial charge in [-0.25, -0.2) is 0 Å². The lowest BCUT2D eigenvalue weighted by Crippen LogP contribution is -2.15. The monoisotopic (exact) mass is 278 g/mol. The van der Waals surface area contributed by atoms with Crippen molar-refractivity contribution in [3.8, 4) is 0 Å². The fraction of sp³-hybridized carbons (Fsp3) is 0.400. The van der Waals surface area contributed by atoms with Crippen LogP contribution >= 0.6 is 11.6 Å². The quantitative estimate of drug-likeness (QED) is 0.904. The topological polar surface area (TPSA) is 38.1 Å². The number of benzene rings is 1. The summed E-state index contributed by atoms with van der Waals surface area (Å²) >= 11 is 6.16. The molecule has 4 heteroatoms. The van der Waals surface area contributed by atoms with E-state index in [4.69, 9.17) is 11.6 Å². The number of aliphatic hydroxyl groups excluding tert-OH is 1. The van der Waals surface area contributed by atoms with Gasteiger partial charge in [0.2, 0.25) is 0 Å². The highest BCUT2D eigenvalue weighted by Crippen LogP contribution is 2.36. The maximum absolute atomic E-state index is 10.7. The summed E-state index contributed by atoms with van der Waals surface area (Å²) in [5.41, 5.74) is 1.83. The van der Waals surface area contributed by atoms with Crippen LogP contribution in [0.5, 0.6) is 0 Å². The van der Waals surface area contributed by atoms with Crippen molar-refractivity contribution in [1.82, 2.24) is 9.78 Å². The molecule has 1 N–H and O–H groups in total. The molecule has 0 amide bonds. The molecule has 0 fully saturated rings. The maximum atomic E-state index is 10.7. The predicted molar refractivity (Wildman–Crippen MR) is 77.3 cm³/mol. The SMILES string of the molecule is CCC(c1ccccc1)C(O)c1c(Cl)cnn1CC. The third-order valence-electron chi connectivity index (χ3n) is 3.46. The first-order valence-electron chi connectivity index (χ1n) is 6.63. The molecule has 102 valence electrons. The smallest absolute Gasteiger partial charge is 0.104 e. The summed E-state index contributed by atoms with van der Waals surface area (Å²) in [7, 11) is 0. The van der Waals surface area contributed by atoms with Crippen LogP contribution in [0.4, 0.5) is 0 Å². The van der Waals surface area contributed by atoms with Gasteiger partial charge in [-0.3, -0.25) is 4.68 Å². The van der Waals surface area contributed by atoms with E-state index in [0.29, 0.717) is 17.3 Å². The van der Waals surface area contributed by atoms with E-state index in [1.165, 1.54) is 0 Å². The Morgan fingerprint density at radius 1 is 1.26 bits per heavy atom. The summed E-state index contributed by atoms with van der Waals surface area (Å²) in [6.45, 7) is 4.76. The Balaban J connectivity index is 2.36. The number of hydrogen-bond acceptors (Lipinski definition) is 2. The van der Waals surface area contributed by atoms with Gasteiger partial charge in [0.25, 0.3) is 0 Å². The molecule has 0 bridgehead atoms. The first kappa shape index (κ1) is 14.1. The number of halogens is 1. The molecule has 1 aromatic carbocycles. The van der Waals surface area contributed by atoms with Crippen LogP contribution in [-0.2, 0) is 6.54 Å². The van der Waals surface area contributed by atoms with Crippen LogP contribution in [0.1, 0.15) is 43.5 Å². The fourth-order valence-electron chi connectivity index (χ4n) is 2.45. The molecular weight excluding hydrogens is 260 g/mol. The molecule has 0 aliphatic rings. The zero-order valence-corrected chi connectivity index (χ0v) is 12.0. The highest BCUT2D eigenvalue weighted by atomic mass is 35.5. The largest absolute Gasteiger partial charge is 0.386 e. The molecule has 2 unspecified atom stereocenters. The Kier molecular flexibility index (Phi) is 4.61. The van der Waals surface area contributed by atoms with Crippen molar-refractivity contribution in [1.29, 1.82) is 0 Å². The third-order valence-corrected chi connectivity index (χ3v) is 3.75. The molecular formula is C15H19ClN2O. The molecule has 3 nitrogen and oxygen atoms in total. The number of nitrogens with zero attached hydrogens (tertiary/aromatic N) is 2. The van der Waals surface area contributed by atoms with Gasteiger partial charge in [0.1, 0.15) is 6.10 Å². The Bertz CT molecular complexity index is 524. The Morgan fingerprint density at radius 2 is 1.95 bits per heavy atom. The predicted octanol–water partition coefficient (Wildman–Crippen LogP) is 3.78. The number of aryl methyl sites for hydroxylation is 1. The Hall–Kier alpha value is -1.32. The van der Waals surface area contributed by atoms with Crippen molar-refractivity contribution >= 4 is 11.6 Å². The minimum atomic E-state index is -0.637. The lowest BCUT2D eigenvalue weighted by atomic mass is 9.89. The van der Waals surface area contributed by atoms with Crippen molar-refractivity contribution in [2.75, 3.05) is 0 Å². The molecule has 2 atom stereocenters. The standard InChI is InChI=1S/C15H19ClN2O/c1-3-12(11-8-6-5-7-9-11)15(19)14-13(16)10-17-18(14)4-2/h5-10,12,15,19H,3-4H2,1-2H3. The van der Waals surface area contributed by atoms with Gasteiger partial charge in [-0.05, 0) is 18.9 Å². The highest BCUT2D eigenvalue weighted by Gasteiger charge is 2.26. The van der Waals surface area contributed by atoms with Gasteiger partial charge in [-0.2, -0.15) is 5.10 Å². The third kappa shape index (κ3) is 2.82. The van der Waals surface area contributed by atoms with Crippen LogP contribution in [0, 0.1) is 0 Å². The average molecular weight is 279 g/mol. The second-order valence-corrected chi connectivity index (χ2v) is 4.97. The fourth-order valence-corrected chi connectivity index (χ4v) is 2.70. The molecule has 0 aliphatic heterocycles. The highest BCUT2D eigenvalue weighted by molar-refractivity contribution is 6.31. The first-order chi connectivity index (χ1) is 9.19. The molecule has 0 saturated heterocycles. The van der Waals surface area contributed by atoms with E-state index in [9.17, 15) is 5.11 Å². The van der Waals surface area contributed by atoms with Gasteiger partial charge in [0.15, 0.2) is 0 Å². The van der Waals surface area contributed by atoms with E-state index in [0.717, 1.165) is 12.0 Å². The summed E-state index contributed by atoms with van der Waals surface area (Å²) in [6.07, 6.45) is 1.81. The summed E-state index contributed by atoms with van der Waals surface area (Å²) in [5.74, 6) is 0.0284. The van der Waals surface area contributed by atoms with Gasteiger partial charge >= 0.3 is 0 Å². The average Bonchev–Trinajstić information content (AvgIpc) is 2.81. The summed E-state index contributed by atoms with van der Waals surface area (Å²) in [6, 6.07) is 10.0. The second-order valence-electron chi connectivity index (χ2n) is 4.56. The Morgan fingerprint density at radius 3 is 2.53 bits per heavy atom. The van der Waals surface area contributed by atoms with Crippen LogP contribution in [0.15, 0.2) is 36.5 Å². The van der Waals surface area contributed by atoms with Crippen LogP contribution in [0.3, 0.4) is 0 Å². The zero-order chi connectivity index (χ0) is 13.8. The number of rotatable bonds is 5. The van der Waals surface area contributed by atoms with E-state index in [1.807, 2.05) is 37.3 Å². The molecule has 1 aromatic heterocycles. The molecule has 2 rings (SSSR count). The van der Waals surface area contributed by atoms with Crippen LogP contribution in [0.25, 0.3) is 0 Å². The van der Waals surface area contributed by atoms with Crippen LogP contribution in [0.2, 0.25) is 5.02 Å². The van der Waals surface area contributed by atoms with E-state index in [-0.39, 0.29) is 5.92 Å². The number of aliphatic hydroxyl groups is 1. The van der Waals surface area contributed by atoms with Gasteiger partial charge < -0.3 is 5.11 Å². The van der Waals surface area contributed by atoms with Crippen LogP contribution < -0.4 is 0 Å². The van der Waals surface area contributed by atoms with Gasteiger partial charge in [0, 0.05) is 12.5 Å². The number of hydrogen-bond donors (Lipinski definition) is 1. The minimum absolute atomic E-state index is 0.0284. The molecule has 19 heavy (non-hydrogen) atoms. The normalized spacial score (nSPS) is 14.3. The van der Waals surface area contributed by atoms with E-state index in [1.54, 1.807) is 10.9 Å². The second kappa shape index (κ2) is 6.22. The van der Waals surface area contributed by atoms with Crippen LogP contribution in [-0.4, -0.2) is 14.9 Å². The summed E-state index contributed by atoms with van der Waals surface area (Å²) in [5, 5.41) is 15.4. The molecule has 0 saturated carbocycles. The molecule has 0 aliphatic carbocycles. The first-order valence-corrected chi connectivity index (χ1v) is 7.01. The Labute approximate surface area is 118 Å². The van der Waals surface area contributed by atoms with Gasteiger partial charge in [-0.15, -0.1) is 0 Å². The molecule has 2 aromatic rings. The minimum Gasteiger partial charge on any atom is -0.386 e.